The molecular weight excluding hydrogens is 226 g/mol. The standard InChI is InChI=1S/C15H19NO2/c1-12(11-15(17)16-9-3-4-10-16)13-5-7-14(18-2)8-6-13/h5-8,11H,3-4,9-10H2,1-2H3. The highest BCUT2D eigenvalue weighted by atomic mass is 16.5. The van der Waals surface area contributed by atoms with Gasteiger partial charge in [0.05, 0.1) is 7.11 Å². The quantitative estimate of drug-likeness (QED) is 0.766. The average molecular weight is 245 g/mol. The van der Waals surface area contributed by atoms with E-state index in [4.69, 9.17) is 4.74 Å². The maximum Gasteiger partial charge on any atom is 0.246 e. The lowest BCUT2D eigenvalue weighted by molar-refractivity contribution is -0.124. The van der Waals surface area contributed by atoms with E-state index in [9.17, 15) is 4.79 Å². The summed E-state index contributed by atoms with van der Waals surface area (Å²) >= 11 is 0. The van der Waals surface area contributed by atoms with Crippen molar-refractivity contribution in [3.8, 4) is 5.75 Å². The number of methoxy groups -OCH3 is 1. The minimum absolute atomic E-state index is 0.126. The van der Waals surface area contributed by atoms with Crippen LogP contribution in [0.15, 0.2) is 30.3 Å². The molecule has 1 aliphatic rings. The molecule has 0 unspecified atom stereocenters. The lowest BCUT2D eigenvalue weighted by Gasteiger charge is -2.13. The van der Waals surface area contributed by atoms with E-state index in [1.807, 2.05) is 36.1 Å². The summed E-state index contributed by atoms with van der Waals surface area (Å²) in [6, 6.07) is 7.77. The SMILES string of the molecule is COc1ccc(C(C)=CC(=O)N2CCCC2)cc1. The summed E-state index contributed by atoms with van der Waals surface area (Å²) < 4.78 is 5.12. The Kier molecular flexibility index (Phi) is 4.03. The number of hydrogen-bond acceptors (Lipinski definition) is 2. The molecule has 96 valence electrons. The fourth-order valence-corrected chi connectivity index (χ4v) is 2.15. The molecule has 3 heteroatoms. The Hall–Kier alpha value is -1.77. The van der Waals surface area contributed by atoms with Crippen molar-refractivity contribution in [2.45, 2.75) is 19.8 Å². The minimum atomic E-state index is 0.126. The van der Waals surface area contributed by atoms with Crippen LogP contribution in [0.5, 0.6) is 5.75 Å². The first-order chi connectivity index (χ1) is 8.70. The molecule has 3 nitrogen and oxygen atoms in total. The van der Waals surface area contributed by atoms with Gasteiger partial charge in [0, 0.05) is 19.2 Å². The molecule has 1 amide bonds. The maximum atomic E-state index is 12.0. The molecule has 1 saturated heterocycles. The van der Waals surface area contributed by atoms with Crippen molar-refractivity contribution < 1.29 is 9.53 Å². The Bertz CT molecular complexity index is 442. The van der Waals surface area contributed by atoms with E-state index in [-0.39, 0.29) is 5.91 Å². The van der Waals surface area contributed by atoms with Crippen molar-refractivity contribution in [1.29, 1.82) is 0 Å². The molecular formula is C15H19NO2. The van der Waals surface area contributed by atoms with Gasteiger partial charge in [-0.3, -0.25) is 4.79 Å². The van der Waals surface area contributed by atoms with Crippen LogP contribution in [0.4, 0.5) is 0 Å². The van der Waals surface area contributed by atoms with Gasteiger partial charge in [-0.1, -0.05) is 12.1 Å². The van der Waals surface area contributed by atoms with E-state index in [0.29, 0.717) is 0 Å². The normalized spacial score (nSPS) is 15.9. The van der Waals surface area contributed by atoms with E-state index in [2.05, 4.69) is 0 Å². The molecule has 0 aromatic heterocycles. The van der Waals surface area contributed by atoms with E-state index in [0.717, 1.165) is 42.8 Å². The van der Waals surface area contributed by atoms with Crippen LogP contribution in [0.25, 0.3) is 5.57 Å². The second-order valence-corrected chi connectivity index (χ2v) is 4.59. The summed E-state index contributed by atoms with van der Waals surface area (Å²) in [7, 11) is 1.65. The van der Waals surface area contributed by atoms with Crippen LogP contribution >= 0.6 is 0 Å². The first-order valence-electron chi connectivity index (χ1n) is 6.32. The highest BCUT2D eigenvalue weighted by molar-refractivity contribution is 5.95. The van der Waals surface area contributed by atoms with Crippen molar-refractivity contribution in [2.24, 2.45) is 0 Å². The average Bonchev–Trinajstić information content (AvgIpc) is 2.92. The summed E-state index contributed by atoms with van der Waals surface area (Å²) in [6.45, 7) is 3.76. The molecule has 1 aliphatic heterocycles. The van der Waals surface area contributed by atoms with Crippen LogP contribution < -0.4 is 4.74 Å². The number of rotatable bonds is 3. The highest BCUT2D eigenvalue weighted by Crippen LogP contribution is 2.19. The molecule has 0 spiro atoms. The van der Waals surface area contributed by atoms with Gasteiger partial charge >= 0.3 is 0 Å². The predicted molar refractivity (Wildman–Crippen MR) is 72.5 cm³/mol. The molecule has 1 aromatic carbocycles. The molecule has 1 heterocycles. The number of carbonyl (C=O) groups is 1. The van der Waals surface area contributed by atoms with Crippen molar-refractivity contribution in [1.82, 2.24) is 4.90 Å². The highest BCUT2D eigenvalue weighted by Gasteiger charge is 2.15. The van der Waals surface area contributed by atoms with Gasteiger partial charge in [-0.05, 0) is 43.0 Å². The third-order valence-corrected chi connectivity index (χ3v) is 3.30. The Balaban J connectivity index is 2.08. The molecule has 0 atom stereocenters. The lowest BCUT2D eigenvalue weighted by atomic mass is 10.1. The second kappa shape index (κ2) is 5.71. The fourth-order valence-electron chi connectivity index (χ4n) is 2.15. The zero-order valence-corrected chi connectivity index (χ0v) is 11.0. The number of allylic oxidation sites excluding steroid dienone is 1. The van der Waals surface area contributed by atoms with Gasteiger partial charge < -0.3 is 9.64 Å². The number of carbonyl (C=O) groups excluding carboxylic acids is 1. The number of nitrogens with zero attached hydrogens (tertiary/aromatic N) is 1. The summed E-state index contributed by atoms with van der Waals surface area (Å²) in [4.78, 5) is 13.9. The summed E-state index contributed by atoms with van der Waals surface area (Å²) in [5, 5.41) is 0. The van der Waals surface area contributed by atoms with Gasteiger partial charge in [0.25, 0.3) is 0 Å². The van der Waals surface area contributed by atoms with Crippen molar-refractivity contribution in [2.75, 3.05) is 20.2 Å². The van der Waals surface area contributed by atoms with Crippen molar-refractivity contribution in [3.05, 3.63) is 35.9 Å². The Labute approximate surface area is 108 Å². The molecule has 1 fully saturated rings. The molecule has 2 rings (SSSR count). The summed E-state index contributed by atoms with van der Waals surface area (Å²) in [5.41, 5.74) is 2.05. The Morgan fingerprint density at radius 1 is 1.22 bits per heavy atom. The van der Waals surface area contributed by atoms with Crippen LogP contribution in [-0.2, 0) is 4.79 Å². The summed E-state index contributed by atoms with van der Waals surface area (Å²) in [6.07, 6.45) is 3.98. The molecule has 0 aliphatic carbocycles. The molecule has 0 bridgehead atoms. The predicted octanol–water partition coefficient (Wildman–Crippen LogP) is 2.72. The number of likely N-dealkylation sites (tertiary alicyclic amines) is 1. The molecule has 1 aromatic rings. The third kappa shape index (κ3) is 2.92. The van der Waals surface area contributed by atoms with E-state index < -0.39 is 0 Å². The zero-order chi connectivity index (χ0) is 13.0. The third-order valence-electron chi connectivity index (χ3n) is 3.30. The minimum Gasteiger partial charge on any atom is -0.497 e. The number of benzene rings is 1. The molecule has 0 saturated carbocycles. The maximum absolute atomic E-state index is 12.0. The van der Waals surface area contributed by atoms with Gasteiger partial charge in [0.2, 0.25) is 5.91 Å². The second-order valence-electron chi connectivity index (χ2n) is 4.59. The van der Waals surface area contributed by atoms with Crippen LogP contribution in [0, 0.1) is 0 Å². The molecule has 18 heavy (non-hydrogen) atoms. The Morgan fingerprint density at radius 3 is 2.39 bits per heavy atom. The van der Waals surface area contributed by atoms with Crippen LogP contribution in [-0.4, -0.2) is 31.0 Å². The van der Waals surface area contributed by atoms with Gasteiger partial charge in [-0.15, -0.1) is 0 Å². The zero-order valence-electron chi connectivity index (χ0n) is 11.0. The van der Waals surface area contributed by atoms with Crippen LogP contribution in [0.3, 0.4) is 0 Å². The lowest BCUT2D eigenvalue weighted by Crippen LogP contribution is -2.25. The van der Waals surface area contributed by atoms with Gasteiger partial charge in [0.1, 0.15) is 5.75 Å². The largest absolute Gasteiger partial charge is 0.497 e. The van der Waals surface area contributed by atoms with Crippen molar-refractivity contribution >= 4 is 11.5 Å². The van der Waals surface area contributed by atoms with Crippen LogP contribution in [0.2, 0.25) is 0 Å². The molecule has 0 N–H and O–H groups in total. The Morgan fingerprint density at radius 2 is 1.83 bits per heavy atom. The molecule has 0 radical (unpaired) electrons. The van der Waals surface area contributed by atoms with Gasteiger partial charge in [0.15, 0.2) is 0 Å². The summed E-state index contributed by atoms with van der Waals surface area (Å²) in [5.74, 6) is 0.957. The van der Waals surface area contributed by atoms with E-state index >= 15 is 0 Å². The first kappa shape index (κ1) is 12.7. The number of ether oxygens (including phenoxy) is 1. The van der Waals surface area contributed by atoms with Crippen molar-refractivity contribution in [3.63, 3.8) is 0 Å². The fraction of sp³-hybridized carbons (Fsp3) is 0.400. The van der Waals surface area contributed by atoms with Gasteiger partial charge in [-0.2, -0.15) is 0 Å². The van der Waals surface area contributed by atoms with E-state index in [1.54, 1.807) is 13.2 Å². The number of hydrogen-bond donors (Lipinski definition) is 0. The first-order valence-corrected chi connectivity index (χ1v) is 6.32. The van der Waals surface area contributed by atoms with E-state index in [1.165, 1.54) is 0 Å². The number of amides is 1. The van der Waals surface area contributed by atoms with Gasteiger partial charge in [-0.25, -0.2) is 0 Å². The smallest absolute Gasteiger partial charge is 0.246 e. The monoisotopic (exact) mass is 245 g/mol. The van der Waals surface area contributed by atoms with Crippen LogP contribution in [0.1, 0.15) is 25.3 Å². The topological polar surface area (TPSA) is 29.5 Å².